The third-order valence-electron chi connectivity index (χ3n) is 0.603. The van der Waals surface area contributed by atoms with Gasteiger partial charge in [-0.15, -0.1) is 0 Å². The molecule has 8 heavy (non-hydrogen) atoms. The molecule has 1 nitrogen and oxygen atoms in total. The molecule has 0 aliphatic heterocycles. The van der Waals surface area contributed by atoms with Gasteiger partial charge >= 0.3 is 0 Å². The molecule has 0 spiro atoms. The van der Waals surface area contributed by atoms with Crippen molar-refractivity contribution in [1.82, 2.24) is 0 Å². The van der Waals surface area contributed by atoms with Crippen LogP contribution in [0, 0.1) is 0 Å². The van der Waals surface area contributed by atoms with Crippen LogP contribution in [0.5, 0.6) is 0 Å². The Morgan fingerprint density at radius 2 is 2.25 bits per heavy atom. The van der Waals surface area contributed by atoms with Crippen molar-refractivity contribution in [3.8, 4) is 0 Å². The number of nitrogens with zero attached hydrogens (tertiary/aromatic N) is 1. The van der Waals surface area contributed by atoms with Gasteiger partial charge in [0.25, 0.3) is 0 Å². The summed E-state index contributed by atoms with van der Waals surface area (Å²) in [4.78, 5) is 3.89. The summed E-state index contributed by atoms with van der Waals surface area (Å²) in [6.45, 7) is 6.87. The van der Waals surface area contributed by atoms with E-state index in [0.717, 1.165) is 6.54 Å². The van der Waals surface area contributed by atoms with Crippen LogP contribution in [0.2, 0.25) is 0 Å². The minimum atomic E-state index is 0.823. The first kappa shape index (κ1) is 7.41. The van der Waals surface area contributed by atoms with E-state index in [1.807, 2.05) is 26.8 Å². The van der Waals surface area contributed by atoms with Crippen molar-refractivity contribution in [1.29, 1.82) is 0 Å². The lowest BCUT2D eigenvalue weighted by Crippen LogP contribution is -1.70. The molecule has 0 saturated carbocycles. The molecule has 0 aromatic rings. The molecular weight excluding hydrogens is 98.1 g/mol. The van der Waals surface area contributed by atoms with Gasteiger partial charge in [0.2, 0.25) is 0 Å². The molecule has 0 aromatic carbocycles. The summed E-state index contributed by atoms with van der Waals surface area (Å²) in [6.07, 6.45) is 4.68. The van der Waals surface area contributed by atoms with Gasteiger partial charge in [0.05, 0.1) is 6.21 Å². The number of hydrogen-bond acceptors (Lipinski definition) is 1. The maximum absolute atomic E-state index is 3.89. The van der Waals surface area contributed by atoms with Crippen LogP contribution < -0.4 is 0 Å². The third-order valence-corrected chi connectivity index (χ3v) is 0.603. The second kappa shape index (κ2) is 4.57. The molecule has 0 aliphatic rings. The van der Waals surface area contributed by atoms with Crippen LogP contribution in [-0.2, 0) is 0 Å². The minimum absolute atomic E-state index is 0.823. The first-order valence-electron chi connectivity index (χ1n) is 2.82. The molecule has 1 radical (unpaired) electrons. The van der Waals surface area contributed by atoms with Crippen molar-refractivity contribution >= 4 is 6.21 Å². The fraction of sp³-hybridized carbons (Fsp3) is 0.571. The van der Waals surface area contributed by atoms with Crippen molar-refractivity contribution in [2.75, 3.05) is 6.54 Å². The average molecular weight is 110 g/mol. The van der Waals surface area contributed by atoms with Crippen LogP contribution in [0.1, 0.15) is 20.8 Å². The van der Waals surface area contributed by atoms with E-state index in [4.69, 9.17) is 0 Å². The average Bonchev–Trinajstić information content (AvgIpc) is 1.66. The lowest BCUT2D eigenvalue weighted by atomic mass is 10.3. The fourth-order valence-electron chi connectivity index (χ4n) is 0.266. The van der Waals surface area contributed by atoms with E-state index in [2.05, 4.69) is 11.2 Å². The summed E-state index contributed by atoms with van der Waals surface area (Å²) in [5.74, 6) is 0. The summed E-state index contributed by atoms with van der Waals surface area (Å²) in [6, 6.07) is 0. The van der Waals surface area contributed by atoms with Gasteiger partial charge in [0.1, 0.15) is 0 Å². The molecule has 1 heteroatoms. The predicted molar refractivity (Wildman–Crippen MR) is 37.4 cm³/mol. The lowest BCUT2D eigenvalue weighted by Gasteiger charge is -1.79. The quantitative estimate of drug-likeness (QED) is 0.481. The Morgan fingerprint density at radius 3 is 2.62 bits per heavy atom. The highest BCUT2D eigenvalue weighted by Crippen LogP contribution is 1.83. The van der Waals surface area contributed by atoms with E-state index >= 15 is 0 Å². The van der Waals surface area contributed by atoms with E-state index in [-0.39, 0.29) is 0 Å². The van der Waals surface area contributed by atoms with Gasteiger partial charge < -0.3 is 0 Å². The zero-order valence-corrected chi connectivity index (χ0v) is 5.73. The first-order valence-corrected chi connectivity index (χ1v) is 2.82. The Morgan fingerprint density at radius 1 is 1.62 bits per heavy atom. The van der Waals surface area contributed by atoms with E-state index in [1.54, 1.807) is 0 Å². The maximum atomic E-state index is 3.89. The van der Waals surface area contributed by atoms with Gasteiger partial charge in [-0.05, 0) is 26.8 Å². The first-order chi connectivity index (χ1) is 3.77. The Kier molecular flexibility index (Phi) is 4.23. The summed E-state index contributed by atoms with van der Waals surface area (Å²) in [5.41, 5.74) is 1.24. The standard InChI is InChI=1S/C7H12N/c1-4-8-6-5-7(2)3/h5H,4H2,1-3H3. The van der Waals surface area contributed by atoms with Crippen LogP contribution in [0.3, 0.4) is 0 Å². The van der Waals surface area contributed by atoms with Gasteiger partial charge in [-0.1, -0.05) is 5.57 Å². The molecule has 0 amide bonds. The van der Waals surface area contributed by atoms with Crippen molar-refractivity contribution in [2.24, 2.45) is 4.99 Å². The van der Waals surface area contributed by atoms with Gasteiger partial charge in [-0.3, -0.25) is 4.99 Å². The molecule has 0 bridgehead atoms. The molecule has 45 valence electrons. The van der Waals surface area contributed by atoms with Crippen molar-refractivity contribution in [3.05, 3.63) is 11.6 Å². The van der Waals surface area contributed by atoms with Crippen LogP contribution in [0.4, 0.5) is 0 Å². The Hall–Kier alpha value is -0.590. The van der Waals surface area contributed by atoms with Crippen molar-refractivity contribution in [3.63, 3.8) is 0 Å². The van der Waals surface area contributed by atoms with Gasteiger partial charge in [0.15, 0.2) is 0 Å². The number of hydrogen-bond donors (Lipinski definition) is 0. The molecule has 0 aromatic heterocycles. The number of aliphatic imine (C=N–C) groups is 1. The van der Waals surface area contributed by atoms with E-state index in [1.165, 1.54) is 5.57 Å². The SMILES string of the molecule is CC/N=[C]/C=C(C)C. The summed E-state index contributed by atoms with van der Waals surface area (Å²) < 4.78 is 0. The lowest BCUT2D eigenvalue weighted by molar-refractivity contribution is 1.14. The third kappa shape index (κ3) is 5.41. The molecule has 0 aliphatic carbocycles. The minimum Gasteiger partial charge on any atom is -0.283 e. The monoisotopic (exact) mass is 110 g/mol. The highest BCUT2D eigenvalue weighted by Gasteiger charge is 1.69. The molecule has 0 N–H and O–H groups in total. The molecule has 0 rings (SSSR count). The molecular formula is C7H12N. The summed E-state index contributed by atoms with van der Waals surface area (Å²) >= 11 is 0. The Bertz CT molecular complexity index is 97.0. The van der Waals surface area contributed by atoms with E-state index < -0.39 is 0 Å². The molecule has 0 saturated heterocycles. The Labute approximate surface area is 51.1 Å². The molecule has 0 fully saturated rings. The van der Waals surface area contributed by atoms with Gasteiger partial charge in [-0.25, -0.2) is 0 Å². The van der Waals surface area contributed by atoms with Crippen molar-refractivity contribution < 1.29 is 0 Å². The number of rotatable bonds is 2. The van der Waals surface area contributed by atoms with E-state index in [0.29, 0.717) is 0 Å². The number of allylic oxidation sites excluding steroid dienone is 2. The van der Waals surface area contributed by atoms with Crippen LogP contribution in [0.15, 0.2) is 16.6 Å². The van der Waals surface area contributed by atoms with Gasteiger partial charge in [0, 0.05) is 6.54 Å². The normalized spacial score (nSPS) is 9.88. The Balaban J connectivity index is 3.42. The highest BCUT2D eigenvalue weighted by molar-refractivity contribution is 5.71. The maximum Gasteiger partial charge on any atom is 0.0825 e. The van der Waals surface area contributed by atoms with Gasteiger partial charge in [-0.2, -0.15) is 0 Å². The van der Waals surface area contributed by atoms with Crippen LogP contribution >= 0.6 is 0 Å². The van der Waals surface area contributed by atoms with Crippen LogP contribution in [-0.4, -0.2) is 12.8 Å². The fourth-order valence-corrected chi connectivity index (χ4v) is 0.266. The second-order valence-electron chi connectivity index (χ2n) is 1.83. The zero-order chi connectivity index (χ0) is 6.41. The topological polar surface area (TPSA) is 12.4 Å². The van der Waals surface area contributed by atoms with Crippen molar-refractivity contribution in [2.45, 2.75) is 20.8 Å². The smallest absolute Gasteiger partial charge is 0.0825 e. The highest BCUT2D eigenvalue weighted by atomic mass is 14.7. The second-order valence-corrected chi connectivity index (χ2v) is 1.83. The summed E-state index contributed by atoms with van der Waals surface area (Å²) in [7, 11) is 0. The molecule has 0 unspecified atom stereocenters. The zero-order valence-electron chi connectivity index (χ0n) is 5.73. The predicted octanol–water partition coefficient (Wildman–Crippen LogP) is 1.92. The summed E-state index contributed by atoms with van der Waals surface area (Å²) in [5, 5.41) is 0. The molecule has 0 heterocycles. The van der Waals surface area contributed by atoms with E-state index in [9.17, 15) is 0 Å². The molecule has 0 atom stereocenters. The largest absolute Gasteiger partial charge is 0.283 e. The van der Waals surface area contributed by atoms with Crippen LogP contribution in [0.25, 0.3) is 0 Å².